The van der Waals surface area contributed by atoms with Gasteiger partial charge in [-0.2, -0.15) is 0 Å². The van der Waals surface area contributed by atoms with Crippen LogP contribution >= 0.6 is 0 Å². The first-order chi connectivity index (χ1) is 8.11. The van der Waals surface area contributed by atoms with Gasteiger partial charge in [-0.1, -0.05) is 6.07 Å². The van der Waals surface area contributed by atoms with Gasteiger partial charge in [0.25, 0.3) is 5.91 Å². The summed E-state index contributed by atoms with van der Waals surface area (Å²) in [6, 6.07) is 4.26. The molecule has 1 aliphatic heterocycles. The van der Waals surface area contributed by atoms with E-state index < -0.39 is 5.82 Å². The van der Waals surface area contributed by atoms with Gasteiger partial charge in [0.15, 0.2) is 0 Å². The molecule has 17 heavy (non-hydrogen) atoms. The summed E-state index contributed by atoms with van der Waals surface area (Å²) >= 11 is 0. The first-order valence-electron chi connectivity index (χ1n) is 5.54. The van der Waals surface area contributed by atoms with Gasteiger partial charge >= 0.3 is 0 Å². The van der Waals surface area contributed by atoms with Crippen LogP contribution in [-0.4, -0.2) is 36.6 Å². The zero-order valence-corrected chi connectivity index (χ0v) is 9.65. The lowest BCUT2D eigenvalue weighted by atomic mass is 10.1. The van der Waals surface area contributed by atoms with Gasteiger partial charge in [0, 0.05) is 6.54 Å². The molecule has 1 amide bonds. The Bertz CT molecular complexity index is 437. The second kappa shape index (κ2) is 4.71. The molecule has 0 aromatic heterocycles. The Morgan fingerprint density at radius 3 is 3.06 bits per heavy atom. The molecule has 1 aliphatic rings. The average molecular weight is 238 g/mol. The predicted molar refractivity (Wildman–Crippen MR) is 62.1 cm³/mol. The summed E-state index contributed by atoms with van der Waals surface area (Å²) in [7, 11) is 0. The molecule has 2 rings (SSSR count). The van der Waals surface area contributed by atoms with E-state index in [1.807, 2.05) is 6.92 Å². The monoisotopic (exact) mass is 238 g/mol. The predicted octanol–water partition coefficient (Wildman–Crippen LogP) is 1.27. The molecular formula is C12H15FN2O2. The van der Waals surface area contributed by atoms with Crippen LogP contribution in [0.4, 0.5) is 10.1 Å². The fourth-order valence-corrected chi connectivity index (χ4v) is 1.91. The second-order valence-electron chi connectivity index (χ2n) is 4.12. The lowest BCUT2D eigenvalue weighted by molar-refractivity contribution is 0.00363. The first kappa shape index (κ1) is 11.9. The summed E-state index contributed by atoms with van der Waals surface area (Å²) < 4.78 is 18.5. The highest BCUT2D eigenvalue weighted by atomic mass is 19.1. The van der Waals surface area contributed by atoms with E-state index >= 15 is 0 Å². The quantitative estimate of drug-likeness (QED) is 0.749. The van der Waals surface area contributed by atoms with Crippen molar-refractivity contribution in [2.24, 2.45) is 0 Å². The van der Waals surface area contributed by atoms with Gasteiger partial charge in [-0.15, -0.1) is 0 Å². The number of ether oxygens (including phenoxy) is 1. The molecule has 4 nitrogen and oxygen atoms in total. The third-order valence-electron chi connectivity index (χ3n) is 2.91. The zero-order valence-electron chi connectivity index (χ0n) is 9.65. The van der Waals surface area contributed by atoms with Crippen LogP contribution < -0.4 is 5.73 Å². The van der Waals surface area contributed by atoms with Crippen LogP contribution in [0, 0.1) is 5.82 Å². The van der Waals surface area contributed by atoms with Gasteiger partial charge in [0.2, 0.25) is 0 Å². The van der Waals surface area contributed by atoms with Crippen LogP contribution in [0.5, 0.6) is 0 Å². The van der Waals surface area contributed by atoms with Crippen LogP contribution in [0.25, 0.3) is 0 Å². The number of rotatable bonds is 1. The van der Waals surface area contributed by atoms with Crippen LogP contribution in [0.3, 0.4) is 0 Å². The molecule has 1 heterocycles. The van der Waals surface area contributed by atoms with Gasteiger partial charge in [-0.3, -0.25) is 4.79 Å². The maximum Gasteiger partial charge on any atom is 0.256 e. The highest BCUT2D eigenvalue weighted by Crippen LogP contribution is 2.19. The van der Waals surface area contributed by atoms with Crippen molar-refractivity contribution in [3.05, 3.63) is 29.6 Å². The van der Waals surface area contributed by atoms with E-state index in [1.165, 1.54) is 12.1 Å². The van der Waals surface area contributed by atoms with E-state index in [4.69, 9.17) is 10.5 Å². The molecule has 1 aromatic rings. The van der Waals surface area contributed by atoms with E-state index in [1.54, 1.807) is 11.0 Å². The molecule has 0 aliphatic carbocycles. The molecule has 0 unspecified atom stereocenters. The Morgan fingerprint density at radius 2 is 2.35 bits per heavy atom. The number of nitrogen functional groups attached to an aromatic ring is 1. The number of anilines is 1. The molecule has 0 bridgehead atoms. The highest BCUT2D eigenvalue weighted by molar-refractivity contribution is 5.99. The number of carbonyl (C=O) groups is 1. The number of benzene rings is 1. The molecule has 1 saturated heterocycles. The van der Waals surface area contributed by atoms with Gasteiger partial charge in [-0.25, -0.2) is 4.39 Å². The Labute approximate surface area is 99.2 Å². The summed E-state index contributed by atoms with van der Waals surface area (Å²) in [5.74, 6) is -0.797. The van der Waals surface area contributed by atoms with Crippen LogP contribution in [0.1, 0.15) is 17.3 Å². The van der Waals surface area contributed by atoms with Gasteiger partial charge < -0.3 is 15.4 Å². The van der Waals surface area contributed by atoms with Gasteiger partial charge in [0.1, 0.15) is 5.82 Å². The van der Waals surface area contributed by atoms with Crippen molar-refractivity contribution in [1.82, 2.24) is 4.90 Å². The van der Waals surface area contributed by atoms with Gasteiger partial charge in [-0.05, 0) is 19.1 Å². The van der Waals surface area contributed by atoms with E-state index in [9.17, 15) is 9.18 Å². The number of nitrogens with zero attached hydrogens (tertiary/aromatic N) is 1. The summed E-state index contributed by atoms with van der Waals surface area (Å²) in [5, 5.41) is 0. The zero-order chi connectivity index (χ0) is 12.4. The van der Waals surface area contributed by atoms with E-state index in [0.717, 1.165) is 0 Å². The number of amides is 1. The largest absolute Gasteiger partial charge is 0.396 e. The third kappa shape index (κ3) is 2.24. The van der Waals surface area contributed by atoms with Crippen molar-refractivity contribution in [3.8, 4) is 0 Å². The molecule has 92 valence electrons. The maximum absolute atomic E-state index is 13.3. The number of morpholine rings is 1. The Hall–Kier alpha value is -1.62. The Kier molecular flexibility index (Phi) is 3.28. The first-order valence-corrected chi connectivity index (χ1v) is 5.54. The Balaban J connectivity index is 2.27. The van der Waals surface area contributed by atoms with Crippen molar-refractivity contribution < 1.29 is 13.9 Å². The number of carbonyl (C=O) groups excluding carboxylic acids is 1. The van der Waals surface area contributed by atoms with Crippen molar-refractivity contribution in [3.63, 3.8) is 0 Å². The van der Waals surface area contributed by atoms with Crippen molar-refractivity contribution in [2.75, 3.05) is 25.5 Å². The molecule has 1 fully saturated rings. The second-order valence-corrected chi connectivity index (χ2v) is 4.12. The lowest BCUT2D eigenvalue weighted by Crippen LogP contribution is -2.47. The number of hydrogen-bond acceptors (Lipinski definition) is 3. The third-order valence-corrected chi connectivity index (χ3v) is 2.91. The number of para-hydroxylation sites is 1. The molecule has 1 aromatic carbocycles. The molecule has 1 atom stereocenters. The van der Waals surface area contributed by atoms with E-state index in [0.29, 0.717) is 19.8 Å². The minimum atomic E-state index is -0.559. The molecule has 0 saturated carbocycles. The van der Waals surface area contributed by atoms with Crippen molar-refractivity contribution in [2.45, 2.75) is 13.0 Å². The molecule has 0 radical (unpaired) electrons. The van der Waals surface area contributed by atoms with Crippen LogP contribution in [0.2, 0.25) is 0 Å². The number of hydrogen-bond donors (Lipinski definition) is 1. The SMILES string of the molecule is C[C@@H]1COCCN1C(=O)c1cccc(F)c1N. The smallest absolute Gasteiger partial charge is 0.256 e. The highest BCUT2D eigenvalue weighted by Gasteiger charge is 2.26. The lowest BCUT2D eigenvalue weighted by Gasteiger charge is -2.33. The normalized spacial score (nSPS) is 20.4. The fourth-order valence-electron chi connectivity index (χ4n) is 1.91. The summed E-state index contributed by atoms with van der Waals surface area (Å²) in [6.07, 6.45) is 0. The molecular weight excluding hydrogens is 223 g/mol. The minimum Gasteiger partial charge on any atom is -0.396 e. The summed E-state index contributed by atoms with van der Waals surface area (Å²) in [6.45, 7) is 3.41. The van der Waals surface area contributed by atoms with Crippen molar-refractivity contribution in [1.29, 1.82) is 0 Å². The molecule has 0 spiro atoms. The topological polar surface area (TPSA) is 55.6 Å². The van der Waals surface area contributed by atoms with E-state index in [2.05, 4.69) is 0 Å². The number of halogens is 1. The summed E-state index contributed by atoms with van der Waals surface area (Å²) in [4.78, 5) is 13.9. The average Bonchev–Trinajstić information content (AvgIpc) is 2.32. The van der Waals surface area contributed by atoms with Gasteiger partial charge in [0.05, 0.1) is 30.5 Å². The molecule has 5 heteroatoms. The Morgan fingerprint density at radius 1 is 1.59 bits per heavy atom. The maximum atomic E-state index is 13.3. The van der Waals surface area contributed by atoms with Crippen molar-refractivity contribution >= 4 is 11.6 Å². The fraction of sp³-hybridized carbons (Fsp3) is 0.417. The summed E-state index contributed by atoms with van der Waals surface area (Å²) in [5.41, 5.74) is 5.72. The number of nitrogens with two attached hydrogens (primary N) is 1. The van der Waals surface area contributed by atoms with Crippen LogP contribution in [0.15, 0.2) is 18.2 Å². The van der Waals surface area contributed by atoms with Crippen LogP contribution in [-0.2, 0) is 4.74 Å². The van der Waals surface area contributed by atoms with E-state index in [-0.39, 0.29) is 23.2 Å². The standard InChI is InChI=1S/C12H15FN2O2/c1-8-7-17-6-5-15(8)12(16)9-3-2-4-10(13)11(9)14/h2-4,8H,5-7,14H2,1H3/t8-/m1/s1. The minimum absolute atomic E-state index is 0.0149. The molecule has 2 N–H and O–H groups in total.